The quantitative estimate of drug-likeness (QED) is 0.848. The van der Waals surface area contributed by atoms with Crippen molar-refractivity contribution in [1.82, 2.24) is 15.1 Å². The lowest BCUT2D eigenvalue weighted by Gasteiger charge is -2.24. The highest BCUT2D eigenvalue weighted by molar-refractivity contribution is 5.76. The Morgan fingerprint density at radius 1 is 1.19 bits per heavy atom. The van der Waals surface area contributed by atoms with Crippen molar-refractivity contribution in [3.8, 4) is 0 Å². The largest absolute Gasteiger partial charge is 0.370 e. The zero-order valence-electron chi connectivity index (χ0n) is 15.9. The molecule has 1 atom stereocenters. The summed E-state index contributed by atoms with van der Waals surface area (Å²) in [6.07, 6.45) is 9.78. The van der Waals surface area contributed by atoms with E-state index in [1.54, 1.807) is 0 Å². The van der Waals surface area contributed by atoms with Crippen molar-refractivity contribution in [3.63, 3.8) is 0 Å². The predicted octanol–water partition coefficient (Wildman–Crippen LogP) is 3.63. The molecule has 1 amide bonds. The van der Waals surface area contributed by atoms with E-state index in [2.05, 4.69) is 23.6 Å². The van der Waals surface area contributed by atoms with Gasteiger partial charge in [-0.1, -0.05) is 49.6 Å². The molecule has 144 valence electrons. The van der Waals surface area contributed by atoms with E-state index in [0.717, 1.165) is 18.7 Å². The SMILES string of the molecule is O=C(CC1CCCCC1)NCC1OCCc2cn(Cc3ccccc3)nc21. The van der Waals surface area contributed by atoms with Crippen molar-refractivity contribution in [2.75, 3.05) is 13.2 Å². The average molecular weight is 367 g/mol. The van der Waals surface area contributed by atoms with Gasteiger partial charge in [-0.05, 0) is 36.3 Å². The Bertz CT molecular complexity index is 750. The fourth-order valence-corrected chi connectivity index (χ4v) is 4.27. The molecule has 1 aromatic carbocycles. The van der Waals surface area contributed by atoms with E-state index < -0.39 is 0 Å². The van der Waals surface area contributed by atoms with Crippen LogP contribution in [0.3, 0.4) is 0 Å². The summed E-state index contributed by atoms with van der Waals surface area (Å²) in [4.78, 5) is 12.3. The minimum Gasteiger partial charge on any atom is -0.370 e. The number of ether oxygens (including phenoxy) is 1. The van der Waals surface area contributed by atoms with Crippen LogP contribution < -0.4 is 5.32 Å². The molecule has 1 unspecified atom stereocenters. The van der Waals surface area contributed by atoms with E-state index in [1.807, 2.05) is 22.9 Å². The highest BCUT2D eigenvalue weighted by Crippen LogP contribution is 2.27. The third-order valence-electron chi connectivity index (χ3n) is 5.74. The van der Waals surface area contributed by atoms with Crippen LogP contribution >= 0.6 is 0 Å². The van der Waals surface area contributed by atoms with Crippen molar-refractivity contribution in [2.24, 2.45) is 5.92 Å². The molecule has 1 aliphatic carbocycles. The van der Waals surface area contributed by atoms with Crippen molar-refractivity contribution in [2.45, 2.75) is 57.6 Å². The topological polar surface area (TPSA) is 56.1 Å². The maximum Gasteiger partial charge on any atom is 0.220 e. The van der Waals surface area contributed by atoms with Gasteiger partial charge in [-0.3, -0.25) is 9.48 Å². The lowest BCUT2D eigenvalue weighted by atomic mass is 9.87. The monoisotopic (exact) mass is 367 g/mol. The van der Waals surface area contributed by atoms with E-state index in [4.69, 9.17) is 9.84 Å². The van der Waals surface area contributed by atoms with Crippen LogP contribution in [-0.2, 0) is 22.5 Å². The molecule has 1 saturated carbocycles. The molecule has 1 aromatic heterocycles. The van der Waals surface area contributed by atoms with Crippen LogP contribution in [0.4, 0.5) is 0 Å². The summed E-state index contributed by atoms with van der Waals surface area (Å²) in [6, 6.07) is 10.3. The first-order valence-corrected chi connectivity index (χ1v) is 10.3. The molecule has 0 saturated heterocycles. The van der Waals surface area contributed by atoms with Gasteiger partial charge in [0.15, 0.2) is 0 Å². The van der Waals surface area contributed by atoms with E-state index >= 15 is 0 Å². The van der Waals surface area contributed by atoms with E-state index in [0.29, 0.717) is 25.5 Å². The minimum atomic E-state index is -0.138. The van der Waals surface area contributed by atoms with Gasteiger partial charge >= 0.3 is 0 Å². The van der Waals surface area contributed by atoms with Gasteiger partial charge in [0.05, 0.1) is 18.8 Å². The second kappa shape index (κ2) is 8.70. The van der Waals surface area contributed by atoms with E-state index in [-0.39, 0.29) is 12.0 Å². The number of nitrogens with zero attached hydrogens (tertiary/aromatic N) is 2. The maximum absolute atomic E-state index is 12.3. The predicted molar refractivity (Wildman–Crippen MR) is 104 cm³/mol. The summed E-state index contributed by atoms with van der Waals surface area (Å²) in [5, 5.41) is 7.85. The number of rotatable bonds is 6. The van der Waals surface area contributed by atoms with Crippen LogP contribution in [0, 0.1) is 5.92 Å². The molecule has 5 heteroatoms. The molecule has 0 bridgehead atoms. The Hall–Kier alpha value is -2.14. The summed E-state index contributed by atoms with van der Waals surface area (Å²) >= 11 is 0. The van der Waals surface area contributed by atoms with Gasteiger partial charge in [0.1, 0.15) is 6.10 Å². The Morgan fingerprint density at radius 2 is 2.00 bits per heavy atom. The van der Waals surface area contributed by atoms with Gasteiger partial charge < -0.3 is 10.1 Å². The summed E-state index contributed by atoms with van der Waals surface area (Å²) in [7, 11) is 0. The summed E-state index contributed by atoms with van der Waals surface area (Å²) in [5.74, 6) is 0.716. The minimum absolute atomic E-state index is 0.138. The van der Waals surface area contributed by atoms with Crippen LogP contribution in [0.15, 0.2) is 36.5 Å². The normalized spacial score (nSPS) is 20.2. The first-order valence-electron chi connectivity index (χ1n) is 10.3. The molecule has 0 spiro atoms. The second-order valence-electron chi connectivity index (χ2n) is 7.84. The Labute approximate surface area is 161 Å². The number of hydrogen-bond acceptors (Lipinski definition) is 3. The fourth-order valence-electron chi connectivity index (χ4n) is 4.27. The van der Waals surface area contributed by atoms with E-state index in [9.17, 15) is 4.79 Å². The Morgan fingerprint density at radius 3 is 2.81 bits per heavy atom. The van der Waals surface area contributed by atoms with Gasteiger partial charge in [0, 0.05) is 19.2 Å². The average Bonchev–Trinajstić information content (AvgIpc) is 3.11. The number of benzene rings is 1. The van der Waals surface area contributed by atoms with Crippen molar-refractivity contribution >= 4 is 5.91 Å². The fraction of sp³-hybridized carbons (Fsp3) is 0.545. The first kappa shape index (κ1) is 18.2. The highest BCUT2D eigenvalue weighted by atomic mass is 16.5. The molecule has 2 heterocycles. The molecule has 2 aromatic rings. The van der Waals surface area contributed by atoms with Crippen LogP contribution in [0.5, 0.6) is 0 Å². The number of aromatic nitrogens is 2. The second-order valence-corrected chi connectivity index (χ2v) is 7.84. The molecule has 4 rings (SSSR count). The van der Waals surface area contributed by atoms with Crippen LogP contribution in [0.1, 0.15) is 61.4 Å². The maximum atomic E-state index is 12.3. The van der Waals surface area contributed by atoms with Gasteiger partial charge in [-0.15, -0.1) is 0 Å². The van der Waals surface area contributed by atoms with Crippen molar-refractivity contribution in [3.05, 3.63) is 53.3 Å². The Balaban J connectivity index is 1.34. The van der Waals surface area contributed by atoms with Crippen molar-refractivity contribution in [1.29, 1.82) is 0 Å². The number of hydrogen-bond donors (Lipinski definition) is 1. The summed E-state index contributed by atoms with van der Waals surface area (Å²) in [6.45, 7) is 1.96. The van der Waals surface area contributed by atoms with Crippen LogP contribution in [0.25, 0.3) is 0 Å². The zero-order chi connectivity index (χ0) is 18.5. The molecule has 1 aliphatic heterocycles. The number of carbonyl (C=O) groups excluding carboxylic acids is 1. The molecule has 27 heavy (non-hydrogen) atoms. The number of carbonyl (C=O) groups is 1. The molecule has 0 radical (unpaired) electrons. The van der Waals surface area contributed by atoms with E-state index in [1.165, 1.54) is 43.2 Å². The van der Waals surface area contributed by atoms with Gasteiger partial charge in [0.25, 0.3) is 0 Å². The molecule has 5 nitrogen and oxygen atoms in total. The highest BCUT2D eigenvalue weighted by Gasteiger charge is 2.26. The van der Waals surface area contributed by atoms with Gasteiger partial charge in [-0.2, -0.15) is 5.10 Å². The van der Waals surface area contributed by atoms with Gasteiger partial charge in [0.2, 0.25) is 5.91 Å². The van der Waals surface area contributed by atoms with Crippen LogP contribution in [0.2, 0.25) is 0 Å². The molecular weight excluding hydrogens is 338 g/mol. The lowest BCUT2D eigenvalue weighted by molar-refractivity contribution is -0.123. The smallest absolute Gasteiger partial charge is 0.220 e. The summed E-state index contributed by atoms with van der Waals surface area (Å²) in [5.41, 5.74) is 3.45. The zero-order valence-corrected chi connectivity index (χ0v) is 15.9. The third kappa shape index (κ3) is 4.78. The van der Waals surface area contributed by atoms with Crippen LogP contribution in [-0.4, -0.2) is 28.8 Å². The van der Waals surface area contributed by atoms with Crippen molar-refractivity contribution < 1.29 is 9.53 Å². The molecule has 1 fully saturated rings. The molecule has 1 N–H and O–H groups in total. The third-order valence-corrected chi connectivity index (χ3v) is 5.74. The number of fused-ring (bicyclic) bond motifs is 1. The summed E-state index contributed by atoms with van der Waals surface area (Å²) < 4.78 is 7.91. The number of nitrogens with one attached hydrogen (secondary N) is 1. The Kier molecular flexibility index (Phi) is 5.87. The van der Waals surface area contributed by atoms with Gasteiger partial charge in [-0.25, -0.2) is 0 Å². The first-order chi connectivity index (χ1) is 13.3. The number of amides is 1. The lowest BCUT2D eigenvalue weighted by Crippen LogP contribution is -2.33. The molecule has 2 aliphatic rings. The standard InChI is InChI=1S/C22H29N3O2/c26-21(13-17-7-3-1-4-8-17)23-14-20-22-19(11-12-27-20)16-25(24-22)15-18-9-5-2-6-10-18/h2,5-6,9-10,16-17,20H,1,3-4,7-8,11-15H2,(H,23,26). The molecular formula is C22H29N3O2.